The zero-order valence-corrected chi connectivity index (χ0v) is 20.7. The number of anilines is 1. The van der Waals surface area contributed by atoms with Crippen molar-refractivity contribution in [3.05, 3.63) is 108 Å². The maximum Gasteiger partial charge on any atom is 0.132 e. The summed E-state index contributed by atoms with van der Waals surface area (Å²) >= 11 is 0. The summed E-state index contributed by atoms with van der Waals surface area (Å²) in [6.07, 6.45) is 0.326. The van der Waals surface area contributed by atoms with E-state index >= 15 is 0 Å². The van der Waals surface area contributed by atoms with Crippen molar-refractivity contribution in [1.82, 2.24) is 0 Å². The van der Waals surface area contributed by atoms with Crippen LogP contribution in [0, 0.1) is 0 Å². The Morgan fingerprint density at radius 3 is 2.37 bits per heavy atom. The van der Waals surface area contributed by atoms with Gasteiger partial charge in [0.15, 0.2) is 0 Å². The van der Waals surface area contributed by atoms with Crippen LogP contribution in [-0.2, 0) is 22.5 Å². The molecule has 0 amide bonds. The normalized spacial score (nSPS) is 18.6. The number of nitrogens with one attached hydrogen (secondary N) is 1. The van der Waals surface area contributed by atoms with E-state index in [2.05, 4.69) is 92.0 Å². The van der Waals surface area contributed by atoms with Crippen LogP contribution in [-0.4, -0.2) is 25.4 Å². The molecule has 1 N–H and O–H groups in total. The van der Waals surface area contributed by atoms with Crippen LogP contribution >= 0.6 is 0 Å². The molecule has 0 radical (unpaired) electrons. The summed E-state index contributed by atoms with van der Waals surface area (Å²) in [5.41, 5.74) is 3.89. The molecule has 4 heteroatoms. The first-order valence-electron chi connectivity index (χ1n) is 12.3. The highest BCUT2D eigenvalue weighted by Crippen LogP contribution is 2.44. The van der Waals surface area contributed by atoms with E-state index in [-0.39, 0.29) is 12.2 Å². The molecule has 4 aromatic rings. The molecular formula is C31H33NO3. The van der Waals surface area contributed by atoms with Gasteiger partial charge in [-0.15, -0.1) is 0 Å². The number of fused-ring (bicyclic) bond motifs is 2. The quantitative estimate of drug-likeness (QED) is 0.305. The topological polar surface area (TPSA) is 39.7 Å². The van der Waals surface area contributed by atoms with Crippen molar-refractivity contribution in [1.29, 1.82) is 0 Å². The zero-order valence-electron chi connectivity index (χ0n) is 20.7. The molecule has 180 valence electrons. The van der Waals surface area contributed by atoms with E-state index in [9.17, 15) is 0 Å². The van der Waals surface area contributed by atoms with Crippen LogP contribution < -0.4 is 10.1 Å². The fourth-order valence-corrected chi connectivity index (χ4v) is 4.82. The Kier molecular flexibility index (Phi) is 6.76. The van der Waals surface area contributed by atoms with Crippen molar-refractivity contribution < 1.29 is 14.2 Å². The molecule has 35 heavy (non-hydrogen) atoms. The molecule has 1 aliphatic rings. The van der Waals surface area contributed by atoms with Crippen molar-refractivity contribution in [2.75, 3.05) is 19.0 Å². The average molecular weight is 468 g/mol. The van der Waals surface area contributed by atoms with Gasteiger partial charge in [0.1, 0.15) is 23.6 Å². The lowest BCUT2D eigenvalue weighted by Gasteiger charge is -2.44. The van der Waals surface area contributed by atoms with Crippen LogP contribution in [0.3, 0.4) is 0 Å². The van der Waals surface area contributed by atoms with Crippen LogP contribution in [0.5, 0.6) is 5.75 Å². The molecule has 2 atom stereocenters. The van der Waals surface area contributed by atoms with Crippen molar-refractivity contribution in [3.8, 4) is 5.75 Å². The Balaban J connectivity index is 1.40. The number of hydrogen-bond acceptors (Lipinski definition) is 4. The van der Waals surface area contributed by atoms with Gasteiger partial charge < -0.3 is 19.5 Å². The molecule has 0 spiro atoms. The van der Waals surface area contributed by atoms with Crippen LogP contribution in [0.4, 0.5) is 5.69 Å². The lowest BCUT2D eigenvalue weighted by Crippen LogP contribution is -2.51. The molecule has 5 rings (SSSR count). The maximum absolute atomic E-state index is 6.61. The predicted molar refractivity (Wildman–Crippen MR) is 142 cm³/mol. The second-order valence-electron chi connectivity index (χ2n) is 9.65. The maximum atomic E-state index is 6.61. The van der Waals surface area contributed by atoms with E-state index in [0.29, 0.717) is 13.2 Å². The highest BCUT2D eigenvalue weighted by molar-refractivity contribution is 5.82. The smallest absolute Gasteiger partial charge is 0.132 e. The van der Waals surface area contributed by atoms with Gasteiger partial charge in [-0.1, -0.05) is 66.7 Å². The Labute approximate surface area is 207 Å². The number of rotatable bonds is 8. The van der Waals surface area contributed by atoms with E-state index < -0.39 is 5.60 Å². The van der Waals surface area contributed by atoms with E-state index in [4.69, 9.17) is 14.2 Å². The predicted octanol–water partition coefficient (Wildman–Crippen LogP) is 6.94. The number of benzene rings is 4. The molecule has 4 nitrogen and oxygen atoms in total. The molecule has 0 saturated carbocycles. The van der Waals surface area contributed by atoms with E-state index in [1.807, 2.05) is 25.2 Å². The van der Waals surface area contributed by atoms with Gasteiger partial charge in [-0.2, -0.15) is 0 Å². The molecule has 0 bridgehead atoms. The minimum absolute atomic E-state index is 0.244. The van der Waals surface area contributed by atoms with Crippen LogP contribution in [0.15, 0.2) is 91.0 Å². The Morgan fingerprint density at radius 1 is 0.800 bits per heavy atom. The lowest BCUT2D eigenvalue weighted by atomic mass is 9.87. The Hall–Kier alpha value is -3.34. The van der Waals surface area contributed by atoms with Gasteiger partial charge in [-0.25, -0.2) is 0 Å². The second-order valence-corrected chi connectivity index (χ2v) is 9.65. The monoisotopic (exact) mass is 467 g/mol. The number of hydrogen-bond donors (Lipinski definition) is 1. The highest BCUT2D eigenvalue weighted by atomic mass is 16.6. The average Bonchev–Trinajstić information content (AvgIpc) is 2.88. The molecule has 0 fully saturated rings. The first-order valence-corrected chi connectivity index (χ1v) is 12.3. The van der Waals surface area contributed by atoms with Crippen molar-refractivity contribution in [2.24, 2.45) is 0 Å². The molecular weight excluding hydrogens is 434 g/mol. The number of ether oxygens (including phenoxy) is 3. The summed E-state index contributed by atoms with van der Waals surface area (Å²) in [5.74, 6) is 0.851. The van der Waals surface area contributed by atoms with E-state index in [0.717, 1.165) is 29.0 Å². The highest BCUT2D eigenvalue weighted by Gasteiger charge is 2.45. The Bertz CT molecular complexity index is 1280. The zero-order chi connectivity index (χ0) is 24.3. The van der Waals surface area contributed by atoms with Crippen LogP contribution in [0.1, 0.15) is 36.6 Å². The summed E-state index contributed by atoms with van der Waals surface area (Å²) in [6, 6.07) is 31.5. The summed E-state index contributed by atoms with van der Waals surface area (Å²) < 4.78 is 19.6. The fourth-order valence-electron chi connectivity index (χ4n) is 4.82. The van der Waals surface area contributed by atoms with Gasteiger partial charge >= 0.3 is 0 Å². The fraction of sp³-hybridized carbons (Fsp3) is 0.290. The molecule has 0 saturated heterocycles. The molecule has 1 aliphatic heterocycles. The summed E-state index contributed by atoms with van der Waals surface area (Å²) in [6.45, 7) is 5.26. The summed E-state index contributed by atoms with van der Waals surface area (Å²) in [5, 5.41) is 5.68. The van der Waals surface area contributed by atoms with Crippen LogP contribution in [0.25, 0.3) is 10.8 Å². The Morgan fingerprint density at radius 2 is 1.57 bits per heavy atom. The summed E-state index contributed by atoms with van der Waals surface area (Å²) in [7, 11) is 1.92. The second kappa shape index (κ2) is 10.1. The van der Waals surface area contributed by atoms with Gasteiger partial charge in [-0.3, -0.25) is 0 Å². The largest absolute Gasteiger partial charge is 0.485 e. The SMILES string of the molecule is CNc1ccc2c(c1)C(OCCc1ccccc1)C(OCc1ccc3ccccc3c1)C(C)(C)O2. The van der Waals surface area contributed by atoms with Crippen molar-refractivity contribution in [2.45, 2.75) is 44.7 Å². The molecule has 4 aromatic carbocycles. The minimum atomic E-state index is -0.553. The van der Waals surface area contributed by atoms with Gasteiger partial charge in [0.2, 0.25) is 0 Å². The third-order valence-electron chi connectivity index (χ3n) is 6.71. The summed E-state index contributed by atoms with van der Waals surface area (Å²) in [4.78, 5) is 0. The van der Waals surface area contributed by atoms with E-state index in [1.165, 1.54) is 16.3 Å². The van der Waals surface area contributed by atoms with Gasteiger partial charge in [0.05, 0.1) is 13.2 Å². The van der Waals surface area contributed by atoms with E-state index in [1.54, 1.807) is 0 Å². The van der Waals surface area contributed by atoms with Crippen molar-refractivity contribution >= 4 is 16.5 Å². The standard InChI is InChI=1S/C31H33NO3/c1-31(2)30(34-21-23-13-14-24-11-7-8-12-25(24)19-23)29(33-18-17-22-9-5-4-6-10-22)27-20-26(32-3)15-16-28(27)35-31/h4-16,19-20,29-30,32H,17-18,21H2,1-3H3. The first-order chi connectivity index (χ1) is 17.0. The van der Waals surface area contributed by atoms with Gasteiger partial charge in [0.25, 0.3) is 0 Å². The molecule has 0 aliphatic carbocycles. The third-order valence-corrected chi connectivity index (χ3v) is 6.71. The van der Waals surface area contributed by atoms with Crippen molar-refractivity contribution in [3.63, 3.8) is 0 Å². The third kappa shape index (κ3) is 5.19. The van der Waals surface area contributed by atoms with Crippen LogP contribution in [0.2, 0.25) is 0 Å². The minimum Gasteiger partial charge on any atom is -0.485 e. The molecule has 0 aromatic heterocycles. The molecule has 1 heterocycles. The van der Waals surface area contributed by atoms with Gasteiger partial charge in [-0.05, 0) is 66.4 Å². The van der Waals surface area contributed by atoms with Gasteiger partial charge in [0, 0.05) is 18.3 Å². The first kappa shape index (κ1) is 23.4. The molecule has 2 unspecified atom stereocenters. The lowest BCUT2D eigenvalue weighted by molar-refractivity contribution is -0.167.